The number of nitrogens with zero attached hydrogens (tertiary/aromatic N) is 1. The predicted octanol–water partition coefficient (Wildman–Crippen LogP) is 0.971. The van der Waals surface area contributed by atoms with Gasteiger partial charge in [0.15, 0.2) is 0 Å². The average Bonchev–Trinajstić information content (AvgIpc) is 2.26. The molecule has 4 nitrogen and oxygen atoms in total. The molecule has 4 heteroatoms. The molecule has 0 aromatic heterocycles. The summed E-state index contributed by atoms with van der Waals surface area (Å²) in [6.07, 6.45) is 0. The van der Waals surface area contributed by atoms with E-state index in [-0.39, 0.29) is 29.9 Å². The van der Waals surface area contributed by atoms with Gasteiger partial charge in [-0.1, -0.05) is 13.8 Å². The molecule has 1 saturated heterocycles. The Morgan fingerprint density at radius 1 is 1.23 bits per heavy atom. The van der Waals surface area contributed by atoms with Crippen molar-refractivity contribution >= 4 is 11.9 Å². The third-order valence-corrected chi connectivity index (χ3v) is 2.18. The maximum absolute atomic E-state index is 11.6. The van der Waals surface area contributed by atoms with Crippen molar-refractivity contribution < 1.29 is 9.59 Å². The lowest BCUT2D eigenvalue weighted by molar-refractivity contribution is -0.129. The smallest absolute Gasteiger partial charge is 0.325 e. The van der Waals surface area contributed by atoms with E-state index >= 15 is 0 Å². The molecular weight excluding hydrogens is 168 g/mol. The number of hydrogen-bond acceptors (Lipinski definition) is 2. The van der Waals surface area contributed by atoms with Crippen LogP contribution in [0.25, 0.3) is 0 Å². The van der Waals surface area contributed by atoms with Crippen LogP contribution in [-0.2, 0) is 4.79 Å². The van der Waals surface area contributed by atoms with Crippen molar-refractivity contribution in [2.75, 3.05) is 0 Å². The highest BCUT2D eigenvalue weighted by Gasteiger charge is 2.40. The maximum atomic E-state index is 11.6. The Labute approximate surface area is 78.3 Å². The van der Waals surface area contributed by atoms with Gasteiger partial charge in [-0.05, 0) is 19.8 Å². The molecular formula is C9H16N2O2. The minimum atomic E-state index is -0.338. The summed E-state index contributed by atoms with van der Waals surface area (Å²) in [5.41, 5.74) is 0. The van der Waals surface area contributed by atoms with E-state index in [4.69, 9.17) is 0 Å². The van der Waals surface area contributed by atoms with E-state index in [1.54, 1.807) is 0 Å². The lowest BCUT2D eigenvalue weighted by atomic mass is 10.0. The number of nitrogens with one attached hydrogen (secondary N) is 1. The van der Waals surface area contributed by atoms with Gasteiger partial charge < -0.3 is 5.32 Å². The summed E-state index contributed by atoms with van der Waals surface area (Å²) < 4.78 is 0. The molecule has 1 N–H and O–H groups in total. The lowest BCUT2D eigenvalue weighted by Gasteiger charge is -2.17. The van der Waals surface area contributed by atoms with Crippen LogP contribution >= 0.6 is 0 Å². The highest BCUT2D eigenvalue weighted by atomic mass is 16.2. The molecule has 0 aliphatic carbocycles. The molecule has 1 aliphatic heterocycles. The van der Waals surface area contributed by atoms with Gasteiger partial charge in [-0.2, -0.15) is 0 Å². The Morgan fingerprint density at radius 3 is 2.00 bits per heavy atom. The van der Waals surface area contributed by atoms with Crippen molar-refractivity contribution in [3.8, 4) is 0 Å². The van der Waals surface area contributed by atoms with Crippen molar-refractivity contribution in [3.63, 3.8) is 0 Å². The molecule has 1 rings (SSSR count). The van der Waals surface area contributed by atoms with Gasteiger partial charge in [0.25, 0.3) is 5.91 Å². The Hall–Kier alpha value is -1.06. The predicted molar refractivity (Wildman–Crippen MR) is 49.1 cm³/mol. The van der Waals surface area contributed by atoms with Gasteiger partial charge in [-0.25, -0.2) is 4.79 Å². The molecule has 0 aromatic carbocycles. The summed E-state index contributed by atoms with van der Waals surface area (Å²) in [6.45, 7) is 7.51. The van der Waals surface area contributed by atoms with Gasteiger partial charge in [0.1, 0.15) is 6.04 Å². The van der Waals surface area contributed by atoms with Gasteiger partial charge in [-0.15, -0.1) is 0 Å². The molecule has 13 heavy (non-hydrogen) atoms. The van der Waals surface area contributed by atoms with E-state index in [1.807, 2.05) is 27.7 Å². The monoisotopic (exact) mass is 184 g/mol. The molecule has 0 radical (unpaired) electrons. The van der Waals surface area contributed by atoms with E-state index in [2.05, 4.69) is 5.32 Å². The van der Waals surface area contributed by atoms with Crippen LogP contribution < -0.4 is 5.32 Å². The zero-order valence-corrected chi connectivity index (χ0v) is 8.50. The van der Waals surface area contributed by atoms with Crippen molar-refractivity contribution in [2.45, 2.75) is 39.8 Å². The molecule has 3 amide bonds. The molecule has 0 bridgehead atoms. The minimum Gasteiger partial charge on any atom is -0.326 e. The number of imide groups is 1. The third kappa shape index (κ3) is 1.66. The quantitative estimate of drug-likeness (QED) is 0.650. The third-order valence-electron chi connectivity index (χ3n) is 2.18. The fraction of sp³-hybridized carbons (Fsp3) is 0.778. The number of urea groups is 1. The largest absolute Gasteiger partial charge is 0.326 e. The van der Waals surface area contributed by atoms with Crippen molar-refractivity contribution in [3.05, 3.63) is 0 Å². The van der Waals surface area contributed by atoms with Gasteiger partial charge in [0.05, 0.1) is 0 Å². The molecule has 1 heterocycles. The fourth-order valence-corrected chi connectivity index (χ4v) is 1.46. The van der Waals surface area contributed by atoms with E-state index in [9.17, 15) is 9.59 Å². The number of amides is 3. The van der Waals surface area contributed by atoms with Gasteiger partial charge in [-0.3, -0.25) is 9.69 Å². The second-order valence-corrected chi connectivity index (χ2v) is 3.97. The number of carbonyl (C=O) groups is 2. The molecule has 0 saturated carbocycles. The first-order valence-electron chi connectivity index (χ1n) is 4.58. The summed E-state index contributed by atoms with van der Waals surface area (Å²) in [6, 6.07) is -0.662. The van der Waals surface area contributed by atoms with Crippen LogP contribution in [0.15, 0.2) is 0 Å². The molecule has 0 unspecified atom stereocenters. The van der Waals surface area contributed by atoms with Gasteiger partial charge in [0, 0.05) is 6.04 Å². The van der Waals surface area contributed by atoms with Crippen molar-refractivity contribution in [2.24, 2.45) is 5.92 Å². The van der Waals surface area contributed by atoms with Crippen LogP contribution in [0.5, 0.6) is 0 Å². The van der Waals surface area contributed by atoms with E-state index in [0.717, 1.165) is 0 Å². The molecule has 1 atom stereocenters. The lowest BCUT2D eigenvalue weighted by Crippen LogP contribution is -2.38. The molecule has 0 spiro atoms. The molecule has 1 aliphatic rings. The Kier molecular flexibility index (Phi) is 2.59. The fourth-order valence-electron chi connectivity index (χ4n) is 1.46. The topological polar surface area (TPSA) is 49.4 Å². The van der Waals surface area contributed by atoms with E-state index in [0.29, 0.717) is 0 Å². The standard InChI is InChI=1S/C9H16N2O2/c1-5(2)7-8(12)11(6(3)4)9(13)10-7/h5-7H,1-4H3,(H,10,13)/t7-/m0/s1. The summed E-state index contributed by atoms with van der Waals surface area (Å²) in [5.74, 6) is 0.0511. The average molecular weight is 184 g/mol. The van der Waals surface area contributed by atoms with E-state index < -0.39 is 0 Å². The highest BCUT2D eigenvalue weighted by Crippen LogP contribution is 2.15. The normalized spacial score (nSPS) is 23.2. The summed E-state index contributed by atoms with van der Waals surface area (Å²) in [4.78, 5) is 24.3. The Bertz CT molecular complexity index is 236. The van der Waals surface area contributed by atoms with Crippen molar-refractivity contribution in [1.82, 2.24) is 10.2 Å². The van der Waals surface area contributed by atoms with Crippen LogP contribution in [0.3, 0.4) is 0 Å². The minimum absolute atomic E-state index is 0.0590. The molecule has 74 valence electrons. The second kappa shape index (κ2) is 3.36. The summed E-state index contributed by atoms with van der Waals surface area (Å²) in [5, 5.41) is 2.67. The zero-order chi connectivity index (χ0) is 10.2. The van der Waals surface area contributed by atoms with Crippen molar-refractivity contribution in [1.29, 1.82) is 0 Å². The number of rotatable bonds is 2. The first kappa shape index (κ1) is 10.0. The first-order valence-corrected chi connectivity index (χ1v) is 4.58. The number of hydrogen-bond donors (Lipinski definition) is 1. The van der Waals surface area contributed by atoms with Crippen LogP contribution in [0.1, 0.15) is 27.7 Å². The molecule has 1 fully saturated rings. The van der Waals surface area contributed by atoms with Gasteiger partial charge >= 0.3 is 6.03 Å². The molecule has 0 aromatic rings. The Balaban J connectivity index is 2.82. The zero-order valence-electron chi connectivity index (χ0n) is 8.50. The SMILES string of the molecule is CC(C)[C@@H]1NC(=O)N(C(C)C)C1=O. The highest BCUT2D eigenvalue weighted by molar-refractivity contribution is 6.04. The number of carbonyl (C=O) groups excluding carboxylic acids is 2. The summed E-state index contributed by atoms with van der Waals surface area (Å²) >= 11 is 0. The van der Waals surface area contributed by atoms with Gasteiger partial charge in [0.2, 0.25) is 0 Å². The van der Waals surface area contributed by atoms with E-state index in [1.165, 1.54) is 4.90 Å². The second-order valence-electron chi connectivity index (χ2n) is 3.97. The van der Waals surface area contributed by atoms with Crippen LogP contribution in [0.4, 0.5) is 4.79 Å². The summed E-state index contributed by atoms with van der Waals surface area (Å²) in [7, 11) is 0. The van der Waals surface area contributed by atoms with Crippen LogP contribution in [0.2, 0.25) is 0 Å². The maximum Gasteiger partial charge on any atom is 0.325 e. The van der Waals surface area contributed by atoms with Crippen LogP contribution in [0, 0.1) is 5.92 Å². The Morgan fingerprint density at radius 2 is 1.77 bits per heavy atom. The first-order chi connectivity index (χ1) is 5.95. The van der Waals surface area contributed by atoms with Crippen LogP contribution in [-0.4, -0.2) is 28.9 Å².